The molecule has 28 heavy (non-hydrogen) atoms. The molecule has 0 atom stereocenters. The lowest BCUT2D eigenvalue weighted by atomic mass is 10.1. The van der Waals surface area contributed by atoms with E-state index in [4.69, 9.17) is 0 Å². The Morgan fingerprint density at radius 2 is 1.29 bits per heavy atom. The van der Waals surface area contributed by atoms with E-state index in [9.17, 15) is 0 Å². The number of hydrogen-bond donors (Lipinski definition) is 0. The highest BCUT2D eigenvalue weighted by Crippen LogP contribution is 2.17. The highest BCUT2D eigenvalue weighted by atomic mass is 14.8. The summed E-state index contributed by atoms with van der Waals surface area (Å²) >= 11 is 0. The van der Waals surface area contributed by atoms with Crippen LogP contribution in [0.5, 0.6) is 0 Å². The largest absolute Gasteiger partial charge is 0.257 e. The molecule has 0 fully saturated rings. The molecule has 4 rings (SSSR count). The first-order valence-electron chi connectivity index (χ1n) is 9.03. The molecule has 0 saturated carbocycles. The van der Waals surface area contributed by atoms with Gasteiger partial charge in [-0.15, -0.1) is 0 Å². The van der Waals surface area contributed by atoms with E-state index in [0.29, 0.717) is 0 Å². The van der Waals surface area contributed by atoms with E-state index in [2.05, 4.69) is 32.1 Å². The molecule has 0 unspecified atom stereocenters. The molecule has 0 bridgehead atoms. The molecule has 0 aliphatic heterocycles. The number of rotatable bonds is 5. The van der Waals surface area contributed by atoms with Crippen molar-refractivity contribution in [1.29, 1.82) is 0 Å². The van der Waals surface area contributed by atoms with Crippen molar-refractivity contribution >= 4 is 24.3 Å². The van der Waals surface area contributed by atoms with Crippen LogP contribution in [0.3, 0.4) is 0 Å². The van der Waals surface area contributed by atoms with Crippen molar-refractivity contribution in [3.63, 3.8) is 0 Å². The number of nitrogens with zero attached hydrogens (tertiary/aromatic N) is 3. The van der Waals surface area contributed by atoms with Gasteiger partial charge in [0.15, 0.2) is 6.20 Å². The van der Waals surface area contributed by atoms with Gasteiger partial charge in [-0.3, -0.25) is 9.97 Å². The Balaban J connectivity index is 1.56. The van der Waals surface area contributed by atoms with Gasteiger partial charge >= 0.3 is 0 Å². The van der Waals surface area contributed by atoms with E-state index >= 15 is 0 Å². The van der Waals surface area contributed by atoms with Gasteiger partial charge in [0, 0.05) is 30.7 Å². The molecule has 4 heterocycles. The maximum absolute atomic E-state index is 4.51. The van der Waals surface area contributed by atoms with Crippen molar-refractivity contribution < 1.29 is 4.98 Å². The van der Waals surface area contributed by atoms with Crippen molar-refractivity contribution in [2.24, 2.45) is 0 Å². The number of aromatic amines is 1. The minimum atomic E-state index is 0.885. The fraction of sp³-hybridized carbons (Fsp3) is 0. The lowest BCUT2D eigenvalue weighted by molar-refractivity contribution is -0.364. The molecule has 1 N–H and O–H groups in total. The van der Waals surface area contributed by atoms with E-state index in [0.717, 1.165) is 33.9 Å². The second kappa shape index (κ2) is 8.64. The van der Waals surface area contributed by atoms with Crippen molar-refractivity contribution in [2.75, 3.05) is 0 Å². The molecule has 0 aromatic carbocycles. The minimum Gasteiger partial charge on any atom is -0.257 e. The lowest BCUT2D eigenvalue weighted by Crippen LogP contribution is -2.06. The van der Waals surface area contributed by atoms with Crippen LogP contribution in [-0.2, 0) is 0 Å². The average Bonchev–Trinajstić information content (AvgIpc) is 2.78. The second-order valence-electron chi connectivity index (χ2n) is 6.19. The van der Waals surface area contributed by atoms with Crippen molar-refractivity contribution in [3.8, 4) is 11.4 Å². The third-order valence-corrected chi connectivity index (χ3v) is 4.15. The summed E-state index contributed by atoms with van der Waals surface area (Å²) in [6, 6.07) is 19.9. The maximum atomic E-state index is 4.51. The Kier molecular flexibility index (Phi) is 5.40. The maximum Gasteiger partial charge on any atom is 0.230 e. The predicted molar refractivity (Wildman–Crippen MR) is 113 cm³/mol. The van der Waals surface area contributed by atoms with Gasteiger partial charge < -0.3 is 0 Å². The monoisotopic (exact) mass is 363 g/mol. The summed E-state index contributed by atoms with van der Waals surface area (Å²) in [6.07, 6.45) is 15.4. The summed E-state index contributed by atoms with van der Waals surface area (Å²) in [5, 5.41) is 0. The van der Waals surface area contributed by atoms with Gasteiger partial charge in [-0.25, -0.2) is 9.97 Å². The minimum absolute atomic E-state index is 0.885. The van der Waals surface area contributed by atoms with Gasteiger partial charge in [-0.1, -0.05) is 24.3 Å². The molecule has 0 aliphatic carbocycles. The van der Waals surface area contributed by atoms with Crippen molar-refractivity contribution in [2.45, 2.75) is 0 Å². The van der Waals surface area contributed by atoms with Crippen LogP contribution in [0.15, 0.2) is 85.5 Å². The first kappa shape index (κ1) is 17.5. The number of pyridine rings is 4. The highest BCUT2D eigenvalue weighted by molar-refractivity contribution is 5.72. The molecule has 0 amide bonds. The van der Waals surface area contributed by atoms with Gasteiger partial charge in [0.1, 0.15) is 5.69 Å². The average molecular weight is 363 g/mol. The van der Waals surface area contributed by atoms with Crippen LogP contribution >= 0.6 is 0 Å². The summed E-state index contributed by atoms with van der Waals surface area (Å²) < 4.78 is 0. The molecule has 134 valence electrons. The van der Waals surface area contributed by atoms with Crippen LogP contribution in [-0.4, -0.2) is 15.0 Å². The molecule has 4 aromatic rings. The summed E-state index contributed by atoms with van der Waals surface area (Å²) in [6.45, 7) is 0. The van der Waals surface area contributed by atoms with Crippen molar-refractivity contribution in [3.05, 3.63) is 108 Å². The Labute approximate surface area is 164 Å². The van der Waals surface area contributed by atoms with E-state index in [1.54, 1.807) is 12.4 Å². The smallest absolute Gasteiger partial charge is 0.230 e. The van der Waals surface area contributed by atoms with E-state index in [1.165, 1.54) is 0 Å². The van der Waals surface area contributed by atoms with Crippen LogP contribution in [0.1, 0.15) is 22.5 Å². The van der Waals surface area contributed by atoms with Gasteiger partial charge in [-0.2, -0.15) is 0 Å². The Hall–Kier alpha value is -3.92. The van der Waals surface area contributed by atoms with Gasteiger partial charge in [0.05, 0.1) is 11.4 Å². The number of nitrogens with one attached hydrogen (secondary N) is 1. The van der Waals surface area contributed by atoms with E-state index < -0.39 is 0 Å². The lowest BCUT2D eigenvalue weighted by Gasteiger charge is -1.99. The summed E-state index contributed by atoms with van der Waals surface area (Å²) in [5.41, 5.74) is 5.84. The fourth-order valence-electron chi connectivity index (χ4n) is 2.75. The second-order valence-corrected chi connectivity index (χ2v) is 6.19. The number of H-pyrrole nitrogens is 1. The van der Waals surface area contributed by atoms with E-state index in [-0.39, 0.29) is 0 Å². The Bertz CT molecular complexity index is 1010. The topological polar surface area (TPSA) is 52.8 Å². The predicted octanol–water partition coefficient (Wildman–Crippen LogP) is 4.69. The van der Waals surface area contributed by atoms with Crippen LogP contribution in [0.2, 0.25) is 0 Å². The van der Waals surface area contributed by atoms with Crippen LogP contribution < -0.4 is 4.98 Å². The normalized spacial score (nSPS) is 11.3. The number of aromatic nitrogens is 4. The summed E-state index contributed by atoms with van der Waals surface area (Å²) in [4.78, 5) is 16.4. The summed E-state index contributed by atoms with van der Waals surface area (Å²) in [7, 11) is 0. The highest BCUT2D eigenvalue weighted by Gasteiger charge is 2.07. The molecular weight excluding hydrogens is 344 g/mol. The molecule has 0 radical (unpaired) electrons. The standard InChI is InChI=1S/C24H18N4/c1-3-13-25-21(5-1)9-7-19-11-15-27-23(17-19)24-18-20(12-16-28-24)8-10-22-6-2-4-14-26-22/h1-18H/p+1/b9-7+,10-8+. The van der Waals surface area contributed by atoms with E-state index in [1.807, 2.05) is 85.2 Å². The third-order valence-electron chi connectivity index (χ3n) is 4.15. The van der Waals surface area contributed by atoms with Gasteiger partial charge in [-0.05, 0) is 59.7 Å². The zero-order valence-electron chi connectivity index (χ0n) is 15.2. The van der Waals surface area contributed by atoms with Crippen LogP contribution in [0.25, 0.3) is 35.7 Å². The molecule has 4 nitrogen and oxygen atoms in total. The Morgan fingerprint density at radius 1 is 0.607 bits per heavy atom. The Morgan fingerprint density at radius 3 is 1.93 bits per heavy atom. The van der Waals surface area contributed by atoms with Gasteiger partial charge in [0.25, 0.3) is 0 Å². The zero-order valence-corrected chi connectivity index (χ0v) is 15.2. The fourth-order valence-corrected chi connectivity index (χ4v) is 2.75. The first-order chi connectivity index (χ1) is 13.9. The molecule has 0 aliphatic rings. The third kappa shape index (κ3) is 4.62. The van der Waals surface area contributed by atoms with Crippen LogP contribution in [0.4, 0.5) is 0 Å². The van der Waals surface area contributed by atoms with Gasteiger partial charge in [0.2, 0.25) is 5.69 Å². The molecule has 4 aromatic heterocycles. The van der Waals surface area contributed by atoms with Crippen LogP contribution in [0, 0.1) is 0 Å². The molecule has 0 spiro atoms. The summed E-state index contributed by atoms with van der Waals surface area (Å²) in [5.74, 6) is 0. The molecular formula is C24H19N4+. The molecule has 0 saturated heterocycles. The number of hydrogen-bond acceptors (Lipinski definition) is 3. The SMILES string of the molecule is C(=C\c1ccccn1)/c1ccnc(-c2cc(/C=C/c3ccccn3)cc[nH+]2)c1. The zero-order chi connectivity index (χ0) is 19.0. The van der Waals surface area contributed by atoms with Crippen molar-refractivity contribution in [1.82, 2.24) is 15.0 Å². The molecule has 4 heteroatoms. The first-order valence-corrected chi connectivity index (χ1v) is 9.03. The quantitative estimate of drug-likeness (QED) is 0.517.